The van der Waals surface area contributed by atoms with Crippen molar-refractivity contribution in [2.75, 3.05) is 26.2 Å². The van der Waals surface area contributed by atoms with Gasteiger partial charge in [0.1, 0.15) is 0 Å². The summed E-state index contributed by atoms with van der Waals surface area (Å²) in [7, 11) is 0. The van der Waals surface area contributed by atoms with Crippen molar-refractivity contribution in [1.82, 2.24) is 10.2 Å². The highest BCUT2D eigenvalue weighted by Gasteiger charge is 2.30. The maximum absolute atomic E-state index is 12.7. The first-order valence-corrected chi connectivity index (χ1v) is 8.71. The van der Waals surface area contributed by atoms with E-state index in [9.17, 15) is 13.2 Å². The second kappa shape index (κ2) is 7.58. The summed E-state index contributed by atoms with van der Waals surface area (Å²) in [6, 6.07) is 13.9. The third-order valence-corrected chi connectivity index (χ3v) is 4.82. The first-order chi connectivity index (χ1) is 12.0. The van der Waals surface area contributed by atoms with Crippen molar-refractivity contribution < 1.29 is 13.2 Å². The first kappa shape index (κ1) is 18.0. The minimum atomic E-state index is -4.29. The molecule has 1 saturated heterocycles. The number of rotatable bonds is 4. The van der Waals surface area contributed by atoms with Gasteiger partial charge in [-0.1, -0.05) is 43.3 Å². The molecule has 25 heavy (non-hydrogen) atoms. The molecular formula is C20H23F3N2. The summed E-state index contributed by atoms with van der Waals surface area (Å²) in [5.74, 6) is 0. The van der Waals surface area contributed by atoms with E-state index in [0.29, 0.717) is 6.04 Å². The van der Waals surface area contributed by atoms with Gasteiger partial charge in [0.25, 0.3) is 0 Å². The molecule has 0 radical (unpaired) electrons. The van der Waals surface area contributed by atoms with E-state index >= 15 is 0 Å². The largest absolute Gasteiger partial charge is 0.416 e. The van der Waals surface area contributed by atoms with Crippen molar-refractivity contribution in [3.63, 3.8) is 0 Å². The lowest BCUT2D eigenvalue weighted by atomic mass is 9.97. The molecule has 3 rings (SSSR count). The SMILES string of the molecule is CC[C@H](c1ccc(-c2ccc(C(F)(F)F)cc2)cc1)N1CCNCC1. The fourth-order valence-corrected chi connectivity index (χ4v) is 3.45. The van der Waals surface area contributed by atoms with Gasteiger partial charge in [-0.25, -0.2) is 0 Å². The smallest absolute Gasteiger partial charge is 0.314 e. The Balaban J connectivity index is 1.77. The Morgan fingerprint density at radius 1 is 0.920 bits per heavy atom. The molecule has 1 aliphatic rings. The molecule has 0 bridgehead atoms. The zero-order chi connectivity index (χ0) is 17.9. The summed E-state index contributed by atoms with van der Waals surface area (Å²) in [6.45, 7) is 6.30. The first-order valence-electron chi connectivity index (χ1n) is 8.71. The Morgan fingerprint density at radius 3 is 1.92 bits per heavy atom. The van der Waals surface area contributed by atoms with Crippen LogP contribution in [0.3, 0.4) is 0 Å². The average molecular weight is 348 g/mol. The zero-order valence-electron chi connectivity index (χ0n) is 14.3. The van der Waals surface area contributed by atoms with E-state index < -0.39 is 11.7 Å². The molecule has 1 fully saturated rings. The predicted molar refractivity (Wildman–Crippen MR) is 94.4 cm³/mol. The third-order valence-electron chi connectivity index (χ3n) is 4.82. The van der Waals surface area contributed by atoms with Crippen LogP contribution >= 0.6 is 0 Å². The fraction of sp³-hybridized carbons (Fsp3) is 0.400. The number of piperazine rings is 1. The van der Waals surface area contributed by atoms with Crippen LogP contribution in [0, 0.1) is 0 Å². The molecule has 2 nitrogen and oxygen atoms in total. The standard InChI is InChI=1S/C20H23F3N2/c1-2-19(25-13-11-24-12-14-25)17-5-3-15(4-6-17)16-7-9-18(10-8-16)20(21,22)23/h3-10,19,24H,2,11-14H2,1H3/t19-/m1/s1. The van der Waals surface area contributed by atoms with Gasteiger partial charge in [0.05, 0.1) is 5.56 Å². The number of alkyl halides is 3. The Morgan fingerprint density at radius 2 is 1.44 bits per heavy atom. The molecule has 0 saturated carbocycles. The monoisotopic (exact) mass is 348 g/mol. The van der Waals surface area contributed by atoms with Crippen LogP contribution in [0.15, 0.2) is 48.5 Å². The quantitative estimate of drug-likeness (QED) is 0.859. The van der Waals surface area contributed by atoms with Crippen LogP contribution < -0.4 is 5.32 Å². The van der Waals surface area contributed by atoms with Crippen LogP contribution in [0.2, 0.25) is 0 Å². The summed E-state index contributed by atoms with van der Waals surface area (Å²) in [4.78, 5) is 2.49. The molecule has 1 heterocycles. The molecule has 2 aromatic rings. The molecule has 2 aromatic carbocycles. The molecule has 0 aliphatic carbocycles. The second-order valence-electron chi connectivity index (χ2n) is 6.41. The highest BCUT2D eigenvalue weighted by atomic mass is 19.4. The lowest BCUT2D eigenvalue weighted by Gasteiger charge is -2.34. The molecule has 0 unspecified atom stereocenters. The minimum absolute atomic E-state index is 0.392. The highest BCUT2D eigenvalue weighted by molar-refractivity contribution is 5.64. The Bertz CT molecular complexity index is 672. The van der Waals surface area contributed by atoms with Gasteiger partial charge in [0, 0.05) is 32.2 Å². The van der Waals surface area contributed by atoms with Gasteiger partial charge in [-0.05, 0) is 35.2 Å². The van der Waals surface area contributed by atoms with Crippen LogP contribution in [-0.4, -0.2) is 31.1 Å². The average Bonchev–Trinajstić information content (AvgIpc) is 2.63. The third kappa shape index (κ3) is 4.22. The van der Waals surface area contributed by atoms with Gasteiger partial charge in [-0.2, -0.15) is 13.2 Å². The summed E-state index contributed by atoms with van der Waals surface area (Å²) in [5.41, 5.74) is 2.39. The zero-order valence-corrected chi connectivity index (χ0v) is 14.3. The topological polar surface area (TPSA) is 15.3 Å². The maximum Gasteiger partial charge on any atom is 0.416 e. The van der Waals surface area contributed by atoms with Crippen LogP contribution in [0.4, 0.5) is 13.2 Å². The van der Waals surface area contributed by atoms with E-state index in [1.807, 2.05) is 12.1 Å². The van der Waals surface area contributed by atoms with E-state index in [0.717, 1.165) is 55.9 Å². The number of benzene rings is 2. The predicted octanol–water partition coefficient (Wildman–Crippen LogP) is 4.73. The van der Waals surface area contributed by atoms with Crippen molar-refractivity contribution in [2.24, 2.45) is 0 Å². The highest BCUT2D eigenvalue weighted by Crippen LogP contribution is 2.32. The van der Waals surface area contributed by atoms with Crippen molar-refractivity contribution in [2.45, 2.75) is 25.6 Å². The molecule has 0 spiro atoms. The Hall–Kier alpha value is -1.85. The van der Waals surface area contributed by atoms with Gasteiger partial charge < -0.3 is 5.32 Å². The van der Waals surface area contributed by atoms with Crippen molar-refractivity contribution in [1.29, 1.82) is 0 Å². The molecule has 0 aromatic heterocycles. The number of hydrogen-bond donors (Lipinski definition) is 1. The Kier molecular flexibility index (Phi) is 5.45. The van der Waals surface area contributed by atoms with E-state index in [1.54, 1.807) is 0 Å². The molecular weight excluding hydrogens is 325 g/mol. The normalized spacial score (nSPS) is 17.4. The van der Waals surface area contributed by atoms with Crippen LogP contribution in [0.25, 0.3) is 11.1 Å². The molecule has 1 atom stereocenters. The minimum Gasteiger partial charge on any atom is -0.314 e. The summed E-state index contributed by atoms with van der Waals surface area (Å²) in [6.07, 6.45) is -3.25. The van der Waals surface area contributed by atoms with Crippen molar-refractivity contribution in [3.05, 3.63) is 59.7 Å². The lowest BCUT2D eigenvalue weighted by molar-refractivity contribution is -0.137. The van der Waals surface area contributed by atoms with E-state index in [-0.39, 0.29) is 0 Å². The molecule has 134 valence electrons. The van der Waals surface area contributed by atoms with Gasteiger partial charge in [-0.15, -0.1) is 0 Å². The fourth-order valence-electron chi connectivity index (χ4n) is 3.45. The molecule has 1 N–H and O–H groups in total. The van der Waals surface area contributed by atoms with Gasteiger partial charge >= 0.3 is 6.18 Å². The Labute approximate surface area is 146 Å². The number of nitrogens with zero attached hydrogens (tertiary/aromatic N) is 1. The van der Waals surface area contributed by atoms with Crippen molar-refractivity contribution >= 4 is 0 Å². The van der Waals surface area contributed by atoms with E-state index in [1.165, 1.54) is 17.7 Å². The molecule has 0 amide bonds. The number of halogens is 3. The summed E-state index contributed by atoms with van der Waals surface area (Å²) < 4.78 is 38.0. The van der Waals surface area contributed by atoms with E-state index in [2.05, 4.69) is 29.3 Å². The summed E-state index contributed by atoms with van der Waals surface area (Å²) >= 11 is 0. The van der Waals surface area contributed by atoms with Crippen LogP contribution in [0.5, 0.6) is 0 Å². The van der Waals surface area contributed by atoms with Crippen LogP contribution in [0.1, 0.15) is 30.5 Å². The maximum atomic E-state index is 12.7. The van der Waals surface area contributed by atoms with E-state index in [4.69, 9.17) is 0 Å². The lowest BCUT2D eigenvalue weighted by Crippen LogP contribution is -2.45. The molecule has 5 heteroatoms. The van der Waals surface area contributed by atoms with Gasteiger partial charge in [0.15, 0.2) is 0 Å². The van der Waals surface area contributed by atoms with Gasteiger partial charge in [0.2, 0.25) is 0 Å². The number of nitrogens with one attached hydrogen (secondary N) is 1. The second-order valence-corrected chi connectivity index (χ2v) is 6.41. The van der Waals surface area contributed by atoms with Crippen molar-refractivity contribution in [3.8, 4) is 11.1 Å². The number of hydrogen-bond acceptors (Lipinski definition) is 2. The van der Waals surface area contributed by atoms with Crippen LogP contribution in [-0.2, 0) is 6.18 Å². The summed E-state index contributed by atoms with van der Waals surface area (Å²) in [5, 5.41) is 3.37. The van der Waals surface area contributed by atoms with Gasteiger partial charge in [-0.3, -0.25) is 4.90 Å². The molecule has 1 aliphatic heterocycles.